The van der Waals surface area contributed by atoms with Gasteiger partial charge >= 0.3 is 35.2 Å². The van der Waals surface area contributed by atoms with E-state index in [4.69, 9.17) is 5.73 Å². The van der Waals surface area contributed by atoms with Crippen molar-refractivity contribution in [3.63, 3.8) is 0 Å². The van der Waals surface area contributed by atoms with Gasteiger partial charge in [-0.15, -0.1) is 0 Å². The molecule has 44 valence electrons. The Kier molecular flexibility index (Phi) is 3.44. The molecular weight excluding hydrogens is 131 g/mol. The van der Waals surface area contributed by atoms with Gasteiger partial charge in [-0.2, -0.15) is 4.98 Å². The zero-order chi connectivity index (χ0) is 5.98. The maximum atomic E-state index is 10.2. The summed E-state index contributed by atoms with van der Waals surface area (Å²) < 4.78 is 0. The van der Waals surface area contributed by atoms with Crippen LogP contribution < -0.4 is 41.0 Å². The monoisotopic (exact) mass is 136 g/mol. The second kappa shape index (κ2) is 3.60. The van der Waals surface area contributed by atoms with Crippen LogP contribution in [0, 0.1) is 0 Å². The van der Waals surface area contributed by atoms with Crippen LogP contribution in [0.5, 0.6) is 0 Å². The standard InChI is InChI=1S/C3H4N4O.Na.H/c4-2-5-1-6-3(8)7-2;;/h1H,(H3,4,5,6,7,8);;/q;+1;-1. The number of hydrogen-bond acceptors (Lipinski definition) is 4. The fraction of sp³-hybridized carbons (Fsp3) is 0. The third-order valence-electron chi connectivity index (χ3n) is 0.607. The smallest absolute Gasteiger partial charge is 1.00 e. The van der Waals surface area contributed by atoms with E-state index in [0.717, 1.165) is 6.33 Å². The van der Waals surface area contributed by atoms with Crippen LogP contribution >= 0.6 is 0 Å². The van der Waals surface area contributed by atoms with Crippen molar-refractivity contribution in [1.29, 1.82) is 0 Å². The molecule has 0 atom stereocenters. The van der Waals surface area contributed by atoms with Crippen LogP contribution in [0.2, 0.25) is 0 Å². The Morgan fingerprint density at radius 3 is 2.67 bits per heavy atom. The number of rotatable bonds is 0. The summed E-state index contributed by atoms with van der Waals surface area (Å²) in [5.41, 5.74) is 4.58. The summed E-state index contributed by atoms with van der Waals surface area (Å²) in [6.07, 6.45) is 1.11. The average Bonchev–Trinajstić information content (AvgIpc) is 1.64. The molecule has 0 fully saturated rings. The maximum Gasteiger partial charge on any atom is 1.00 e. The van der Waals surface area contributed by atoms with E-state index < -0.39 is 5.69 Å². The van der Waals surface area contributed by atoms with Gasteiger partial charge in [-0.05, 0) is 0 Å². The molecule has 1 aromatic heterocycles. The molecule has 0 aliphatic carbocycles. The molecule has 1 heterocycles. The van der Waals surface area contributed by atoms with E-state index >= 15 is 0 Å². The molecule has 0 bridgehead atoms. The molecule has 0 saturated carbocycles. The third-order valence-corrected chi connectivity index (χ3v) is 0.607. The Hall–Kier alpha value is -0.390. The van der Waals surface area contributed by atoms with Gasteiger partial charge in [0.2, 0.25) is 5.95 Å². The molecule has 0 aliphatic heterocycles. The van der Waals surface area contributed by atoms with Crippen LogP contribution in [-0.2, 0) is 0 Å². The predicted molar refractivity (Wildman–Crippen MR) is 28.2 cm³/mol. The van der Waals surface area contributed by atoms with Crippen molar-refractivity contribution in [1.82, 2.24) is 15.0 Å². The Morgan fingerprint density at radius 1 is 1.67 bits per heavy atom. The molecule has 0 aromatic carbocycles. The van der Waals surface area contributed by atoms with Gasteiger partial charge in [0.25, 0.3) is 0 Å². The van der Waals surface area contributed by atoms with Gasteiger partial charge in [0, 0.05) is 0 Å². The van der Waals surface area contributed by atoms with Crippen molar-refractivity contribution in [3.8, 4) is 0 Å². The van der Waals surface area contributed by atoms with E-state index in [9.17, 15) is 4.79 Å². The summed E-state index contributed by atoms with van der Waals surface area (Å²) in [5, 5.41) is 0. The van der Waals surface area contributed by atoms with Crippen LogP contribution in [-0.4, -0.2) is 15.0 Å². The van der Waals surface area contributed by atoms with E-state index in [-0.39, 0.29) is 36.9 Å². The number of nitrogen functional groups attached to an aromatic ring is 1. The number of nitrogens with one attached hydrogen (secondary N) is 1. The SMILES string of the molecule is Nc1ncnc(=O)[nH]1.[H-].[Na+]. The summed E-state index contributed by atoms with van der Waals surface area (Å²) in [6.45, 7) is 0. The van der Waals surface area contributed by atoms with Crippen LogP contribution in [0.3, 0.4) is 0 Å². The summed E-state index contributed by atoms with van der Waals surface area (Å²) in [4.78, 5) is 19.1. The number of aromatic nitrogens is 3. The number of anilines is 1. The predicted octanol–water partition coefficient (Wildman–Crippen LogP) is -4.14. The van der Waals surface area contributed by atoms with Crippen molar-refractivity contribution >= 4 is 5.95 Å². The second-order valence-electron chi connectivity index (χ2n) is 1.19. The van der Waals surface area contributed by atoms with Gasteiger partial charge in [-0.3, -0.25) is 4.98 Å². The molecule has 6 heteroatoms. The Labute approximate surface area is 74.5 Å². The van der Waals surface area contributed by atoms with Gasteiger partial charge in [-0.25, -0.2) is 9.78 Å². The Morgan fingerprint density at radius 2 is 2.33 bits per heavy atom. The molecule has 9 heavy (non-hydrogen) atoms. The van der Waals surface area contributed by atoms with Gasteiger partial charge in [0.1, 0.15) is 6.33 Å². The molecule has 3 N–H and O–H groups in total. The van der Waals surface area contributed by atoms with Gasteiger partial charge in [0.15, 0.2) is 0 Å². The van der Waals surface area contributed by atoms with Crippen molar-refractivity contribution in [2.75, 3.05) is 5.73 Å². The molecule has 0 amide bonds. The van der Waals surface area contributed by atoms with Crippen LogP contribution in [0.4, 0.5) is 5.95 Å². The summed E-state index contributed by atoms with van der Waals surface area (Å²) in [5.74, 6) is 0.0880. The molecule has 0 radical (unpaired) electrons. The van der Waals surface area contributed by atoms with E-state index in [2.05, 4.69) is 15.0 Å². The van der Waals surface area contributed by atoms with E-state index in [0.29, 0.717) is 0 Å². The maximum absolute atomic E-state index is 10.2. The molecule has 1 rings (SSSR count). The molecular formula is C3H5N4NaO. The molecule has 0 unspecified atom stereocenters. The van der Waals surface area contributed by atoms with Crippen LogP contribution in [0.1, 0.15) is 1.43 Å². The van der Waals surface area contributed by atoms with E-state index in [1.54, 1.807) is 0 Å². The minimum absolute atomic E-state index is 0. The number of nitrogens with two attached hydrogens (primary N) is 1. The fourth-order valence-corrected chi connectivity index (χ4v) is 0.318. The van der Waals surface area contributed by atoms with Gasteiger partial charge in [0.05, 0.1) is 0 Å². The quantitative estimate of drug-likeness (QED) is 0.355. The number of aromatic amines is 1. The third kappa shape index (κ3) is 2.59. The molecule has 5 nitrogen and oxygen atoms in total. The molecule has 0 spiro atoms. The van der Waals surface area contributed by atoms with Crippen molar-refractivity contribution in [2.45, 2.75) is 0 Å². The number of hydrogen-bond donors (Lipinski definition) is 2. The summed E-state index contributed by atoms with van der Waals surface area (Å²) >= 11 is 0. The minimum atomic E-state index is -0.475. The van der Waals surface area contributed by atoms with Gasteiger partial charge < -0.3 is 7.16 Å². The molecule has 1 aromatic rings. The Bertz CT molecular complexity index is 238. The first-order valence-electron chi connectivity index (χ1n) is 1.96. The summed E-state index contributed by atoms with van der Waals surface area (Å²) in [7, 11) is 0. The minimum Gasteiger partial charge on any atom is -1.00 e. The Balaban J connectivity index is 0. The molecule has 0 aliphatic rings. The van der Waals surface area contributed by atoms with E-state index in [1.165, 1.54) is 0 Å². The number of H-pyrrole nitrogens is 1. The van der Waals surface area contributed by atoms with Crippen LogP contribution in [0.15, 0.2) is 11.1 Å². The normalized spacial score (nSPS) is 8.00. The first kappa shape index (κ1) is 8.61. The topological polar surface area (TPSA) is 84.7 Å². The largest absolute Gasteiger partial charge is 1.00 e. The van der Waals surface area contributed by atoms with Crippen LogP contribution in [0.25, 0.3) is 0 Å². The van der Waals surface area contributed by atoms with Crippen molar-refractivity contribution < 1.29 is 31.0 Å². The van der Waals surface area contributed by atoms with Crippen molar-refractivity contribution in [3.05, 3.63) is 16.8 Å². The zero-order valence-electron chi connectivity index (χ0n) is 5.96. The zero-order valence-corrected chi connectivity index (χ0v) is 6.96. The van der Waals surface area contributed by atoms with Crippen molar-refractivity contribution in [2.24, 2.45) is 0 Å². The fourth-order valence-electron chi connectivity index (χ4n) is 0.318. The average molecular weight is 136 g/mol. The molecule has 0 saturated heterocycles. The number of nitrogens with zero attached hydrogens (tertiary/aromatic N) is 2. The van der Waals surface area contributed by atoms with Gasteiger partial charge in [-0.1, -0.05) is 0 Å². The first-order valence-corrected chi connectivity index (χ1v) is 1.96. The summed E-state index contributed by atoms with van der Waals surface area (Å²) in [6, 6.07) is 0. The first-order chi connectivity index (χ1) is 3.79. The second-order valence-corrected chi connectivity index (χ2v) is 1.19. The van der Waals surface area contributed by atoms with E-state index in [1.807, 2.05) is 0 Å².